The second-order valence-electron chi connectivity index (χ2n) is 9.21. The fourth-order valence-corrected chi connectivity index (χ4v) is 6.24. The standard InChI is InChI=1S/C26H31N3O6S/c1-18(25(31)27-20-10-4-3-5-11-20)28(16-19-9-8-12-21(15-19)35-2)24(30)17-29-26(32)22-13-6-7-14-23(22)36(29,33)34/h6-9,12-15,18,20H,3-5,10-11,16-17H2,1-2H3,(H,27,31). The summed E-state index contributed by atoms with van der Waals surface area (Å²) in [5, 5.41) is 3.04. The highest BCUT2D eigenvalue weighted by atomic mass is 32.2. The van der Waals surface area contributed by atoms with Crippen molar-refractivity contribution in [1.82, 2.24) is 14.5 Å². The highest BCUT2D eigenvalue weighted by molar-refractivity contribution is 7.90. The lowest BCUT2D eigenvalue weighted by Gasteiger charge is -2.32. The molecule has 0 radical (unpaired) electrons. The van der Waals surface area contributed by atoms with Gasteiger partial charge in [-0.25, -0.2) is 12.7 Å². The van der Waals surface area contributed by atoms with Crippen molar-refractivity contribution in [2.75, 3.05) is 13.7 Å². The Labute approximate surface area is 211 Å². The van der Waals surface area contributed by atoms with Gasteiger partial charge in [0, 0.05) is 12.6 Å². The van der Waals surface area contributed by atoms with Crippen molar-refractivity contribution in [2.45, 2.75) is 62.6 Å². The van der Waals surface area contributed by atoms with E-state index in [4.69, 9.17) is 4.74 Å². The van der Waals surface area contributed by atoms with Gasteiger partial charge in [-0.15, -0.1) is 0 Å². The van der Waals surface area contributed by atoms with Gasteiger partial charge in [-0.05, 0) is 49.6 Å². The number of nitrogens with one attached hydrogen (secondary N) is 1. The Morgan fingerprint density at radius 1 is 1.11 bits per heavy atom. The Kier molecular flexibility index (Phi) is 7.63. The number of fused-ring (bicyclic) bond motifs is 1. The molecule has 1 saturated carbocycles. The van der Waals surface area contributed by atoms with E-state index in [1.807, 2.05) is 0 Å². The summed E-state index contributed by atoms with van der Waals surface area (Å²) in [6.07, 6.45) is 5.01. The van der Waals surface area contributed by atoms with Crippen molar-refractivity contribution < 1.29 is 27.5 Å². The number of carbonyl (C=O) groups is 3. The second kappa shape index (κ2) is 10.7. The summed E-state index contributed by atoms with van der Waals surface area (Å²) in [6.45, 7) is 0.969. The minimum atomic E-state index is -4.16. The molecule has 9 nitrogen and oxygen atoms in total. The Bertz CT molecular complexity index is 1260. The average molecular weight is 514 g/mol. The van der Waals surface area contributed by atoms with Gasteiger partial charge in [0.1, 0.15) is 23.2 Å². The van der Waals surface area contributed by atoms with Crippen molar-refractivity contribution in [2.24, 2.45) is 0 Å². The normalized spacial score (nSPS) is 17.8. The first kappa shape index (κ1) is 25.7. The summed E-state index contributed by atoms with van der Waals surface area (Å²) in [5.41, 5.74) is 0.742. The Morgan fingerprint density at radius 3 is 2.53 bits per heavy atom. The zero-order valence-electron chi connectivity index (χ0n) is 20.5. The van der Waals surface area contributed by atoms with Crippen LogP contribution in [0.2, 0.25) is 0 Å². The zero-order chi connectivity index (χ0) is 25.9. The fourth-order valence-electron chi connectivity index (χ4n) is 4.72. The summed E-state index contributed by atoms with van der Waals surface area (Å²) < 4.78 is 31.9. The lowest BCUT2D eigenvalue weighted by Crippen LogP contribution is -2.52. The largest absolute Gasteiger partial charge is 0.497 e. The van der Waals surface area contributed by atoms with E-state index in [2.05, 4.69) is 5.32 Å². The first-order valence-corrected chi connectivity index (χ1v) is 13.5. The zero-order valence-corrected chi connectivity index (χ0v) is 21.3. The Morgan fingerprint density at radius 2 is 1.83 bits per heavy atom. The molecule has 1 aliphatic carbocycles. The third-order valence-electron chi connectivity index (χ3n) is 6.80. The van der Waals surface area contributed by atoms with Crippen LogP contribution in [0.1, 0.15) is 54.9 Å². The van der Waals surface area contributed by atoms with Crippen molar-refractivity contribution in [3.63, 3.8) is 0 Å². The van der Waals surface area contributed by atoms with E-state index in [0.717, 1.165) is 32.1 Å². The number of benzene rings is 2. The molecule has 0 aromatic heterocycles. The number of carbonyl (C=O) groups excluding carboxylic acids is 3. The van der Waals surface area contributed by atoms with E-state index in [-0.39, 0.29) is 29.0 Å². The third kappa shape index (κ3) is 5.23. The van der Waals surface area contributed by atoms with E-state index in [0.29, 0.717) is 15.6 Å². The van der Waals surface area contributed by atoms with E-state index in [1.54, 1.807) is 37.3 Å². The molecular weight excluding hydrogens is 482 g/mol. The summed E-state index contributed by atoms with van der Waals surface area (Å²) >= 11 is 0. The molecule has 0 bridgehead atoms. The molecule has 192 valence electrons. The van der Waals surface area contributed by atoms with Crippen molar-refractivity contribution in [3.05, 3.63) is 59.7 Å². The highest BCUT2D eigenvalue weighted by Gasteiger charge is 2.43. The number of hydrogen-bond donors (Lipinski definition) is 1. The number of ether oxygens (including phenoxy) is 1. The van der Waals surface area contributed by atoms with E-state index >= 15 is 0 Å². The molecule has 36 heavy (non-hydrogen) atoms. The van der Waals surface area contributed by atoms with Gasteiger partial charge in [0.25, 0.3) is 15.9 Å². The van der Waals surface area contributed by atoms with Crippen molar-refractivity contribution >= 4 is 27.7 Å². The number of amides is 3. The lowest BCUT2D eigenvalue weighted by molar-refractivity contribution is -0.140. The fraction of sp³-hybridized carbons (Fsp3) is 0.423. The van der Waals surface area contributed by atoms with E-state index in [9.17, 15) is 22.8 Å². The molecule has 1 atom stereocenters. The second-order valence-corrected chi connectivity index (χ2v) is 11.0. The van der Waals surface area contributed by atoms with Crippen LogP contribution in [0.3, 0.4) is 0 Å². The van der Waals surface area contributed by atoms with Crippen LogP contribution in [0.5, 0.6) is 5.75 Å². The number of hydrogen-bond acceptors (Lipinski definition) is 6. The van der Waals surface area contributed by atoms with Crippen LogP contribution >= 0.6 is 0 Å². The van der Waals surface area contributed by atoms with Gasteiger partial charge in [0.2, 0.25) is 11.8 Å². The predicted molar refractivity (Wildman–Crippen MR) is 133 cm³/mol. The molecule has 0 saturated heterocycles. The molecule has 0 spiro atoms. The van der Waals surface area contributed by atoms with Gasteiger partial charge < -0.3 is 15.0 Å². The van der Waals surface area contributed by atoms with Crippen LogP contribution in [-0.2, 0) is 26.2 Å². The quantitative estimate of drug-likeness (QED) is 0.581. The maximum Gasteiger partial charge on any atom is 0.269 e. The minimum absolute atomic E-state index is 0.0349. The van der Waals surface area contributed by atoms with Gasteiger partial charge >= 0.3 is 0 Å². The van der Waals surface area contributed by atoms with Gasteiger partial charge in [0.15, 0.2) is 0 Å². The Balaban J connectivity index is 1.58. The Hall–Kier alpha value is -3.40. The van der Waals surface area contributed by atoms with Crippen LogP contribution < -0.4 is 10.1 Å². The van der Waals surface area contributed by atoms with E-state index in [1.165, 1.54) is 30.2 Å². The van der Waals surface area contributed by atoms with Crippen LogP contribution in [0.25, 0.3) is 0 Å². The number of sulfonamides is 1. The molecule has 2 aromatic rings. The third-order valence-corrected chi connectivity index (χ3v) is 8.58. The van der Waals surface area contributed by atoms with Crippen LogP contribution in [0.4, 0.5) is 0 Å². The first-order valence-electron chi connectivity index (χ1n) is 12.1. The smallest absolute Gasteiger partial charge is 0.269 e. The van der Waals surface area contributed by atoms with Crippen molar-refractivity contribution in [1.29, 1.82) is 0 Å². The van der Waals surface area contributed by atoms with Gasteiger partial charge in [-0.3, -0.25) is 14.4 Å². The molecule has 1 fully saturated rings. The molecule has 1 aliphatic heterocycles. The van der Waals surface area contributed by atoms with Crippen LogP contribution in [-0.4, -0.2) is 61.1 Å². The van der Waals surface area contributed by atoms with Crippen LogP contribution in [0, 0.1) is 0 Å². The van der Waals surface area contributed by atoms with Gasteiger partial charge in [-0.2, -0.15) is 0 Å². The van der Waals surface area contributed by atoms with Gasteiger partial charge in [0.05, 0.1) is 12.7 Å². The monoisotopic (exact) mass is 513 g/mol. The van der Waals surface area contributed by atoms with Gasteiger partial charge in [-0.1, -0.05) is 43.5 Å². The van der Waals surface area contributed by atoms with Crippen molar-refractivity contribution in [3.8, 4) is 5.75 Å². The van der Waals surface area contributed by atoms with Crippen LogP contribution in [0.15, 0.2) is 53.4 Å². The lowest BCUT2D eigenvalue weighted by atomic mass is 9.95. The summed E-state index contributed by atoms with van der Waals surface area (Å²) in [4.78, 5) is 40.7. The maximum atomic E-state index is 13.5. The molecule has 1 unspecified atom stereocenters. The molecule has 3 amide bonds. The van der Waals surface area contributed by atoms with E-state index < -0.39 is 34.4 Å². The minimum Gasteiger partial charge on any atom is -0.497 e. The number of nitrogens with zero attached hydrogens (tertiary/aromatic N) is 2. The first-order chi connectivity index (χ1) is 17.2. The molecule has 1 N–H and O–H groups in total. The SMILES string of the molecule is COc1cccc(CN(C(=O)CN2C(=O)c3ccccc3S2(=O)=O)C(C)C(=O)NC2CCCCC2)c1. The summed E-state index contributed by atoms with van der Waals surface area (Å²) in [6, 6.07) is 12.1. The number of rotatable bonds is 8. The highest BCUT2D eigenvalue weighted by Crippen LogP contribution is 2.30. The summed E-state index contributed by atoms with van der Waals surface area (Å²) in [7, 11) is -2.63. The molecule has 2 aliphatic rings. The molecular formula is C26H31N3O6S. The maximum absolute atomic E-state index is 13.5. The molecule has 2 aromatic carbocycles. The molecule has 1 heterocycles. The molecule has 10 heteroatoms. The predicted octanol–water partition coefficient (Wildman–Crippen LogP) is 2.71. The molecule has 4 rings (SSSR count). The average Bonchev–Trinajstić information content (AvgIpc) is 3.08. The number of methoxy groups -OCH3 is 1. The summed E-state index contributed by atoms with van der Waals surface area (Å²) in [5.74, 6) is -1.11. The topological polar surface area (TPSA) is 113 Å².